The summed E-state index contributed by atoms with van der Waals surface area (Å²) in [6.45, 7) is 1.30. The number of benzene rings is 1. The van der Waals surface area contributed by atoms with Crippen LogP contribution in [0.2, 0.25) is 5.02 Å². The lowest BCUT2D eigenvalue weighted by atomic mass is 10.1. The van der Waals surface area contributed by atoms with Crippen LogP contribution in [0, 0.1) is 10.1 Å². The minimum Gasteiger partial charge on any atom is -0.488 e. The van der Waals surface area contributed by atoms with Crippen molar-refractivity contribution in [3.8, 4) is 5.75 Å². The molecule has 17 heavy (non-hydrogen) atoms. The summed E-state index contributed by atoms with van der Waals surface area (Å²) in [5.41, 5.74) is -0.0172. The van der Waals surface area contributed by atoms with Gasteiger partial charge in [0.1, 0.15) is 11.9 Å². The molecule has 0 spiro atoms. The lowest BCUT2D eigenvalue weighted by molar-refractivity contribution is -0.384. The Bertz CT molecular complexity index is 418. The monoisotopic (exact) mass is 257 g/mol. The quantitative estimate of drug-likeness (QED) is 0.617. The number of halogens is 1. The predicted molar refractivity (Wildman–Crippen MR) is 62.6 cm³/mol. The minimum atomic E-state index is -0.465. The normalized spacial score (nSPS) is 16.8. The van der Waals surface area contributed by atoms with Crippen LogP contribution in [-0.2, 0) is 4.74 Å². The fraction of sp³-hybridized carbons (Fsp3) is 0.455. The first-order chi connectivity index (χ1) is 8.16. The highest BCUT2D eigenvalue weighted by Crippen LogP contribution is 2.30. The molecule has 1 aliphatic rings. The minimum absolute atomic E-state index is 0.0169. The number of nitrogens with zero attached hydrogens (tertiary/aromatic N) is 1. The van der Waals surface area contributed by atoms with Crippen LogP contribution in [-0.4, -0.2) is 24.2 Å². The highest BCUT2D eigenvalue weighted by Gasteiger charge is 2.18. The molecule has 0 saturated carbocycles. The molecule has 0 atom stereocenters. The van der Waals surface area contributed by atoms with Crippen molar-refractivity contribution in [1.29, 1.82) is 0 Å². The fourth-order valence-corrected chi connectivity index (χ4v) is 1.83. The van der Waals surface area contributed by atoms with Gasteiger partial charge in [0.2, 0.25) is 0 Å². The molecule has 1 aromatic rings. The second-order valence-corrected chi connectivity index (χ2v) is 4.21. The van der Waals surface area contributed by atoms with E-state index < -0.39 is 4.92 Å². The molecule has 2 rings (SSSR count). The molecule has 0 N–H and O–H groups in total. The summed E-state index contributed by atoms with van der Waals surface area (Å²) >= 11 is 5.94. The van der Waals surface area contributed by atoms with Gasteiger partial charge in [-0.05, 0) is 6.07 Å². The summed E-state index contributed by atoms with van der Waals surface area (Å²) in [7, 11) is 0. The lowest BCUT2D eigenvalue weighted by Gasteiger charge is -2.23. The van der Waals surface area contributed by atoms with E-state index in [0.29, 0.717) is 24.0 Å². The Balaban J connectivity index is 2.13. The van der Waals surface area contributed by atoms with Crippen molar-refractivity contribution < 1.29 is 14.4 Å². The van der Waals surface area contributed by atoms with Gasteiger partial charge in [0.25, 0.3) is 5.69 Å². The highest BCUT2D eigenvalue weighted by atomic mass is 35.5. The average Bonchev–Trinajstić information content (AvgIpc) is 2.33. The number of nitro benzene ring substituents is 1. The first kappa shape index (κ1) is 12.1. The van der Waals surface area contributed by atoms with Crippen LogP contribution >= 0.6 is 11.6 Å². The fourth-order valence-electron chi connectivity index (χ4n) is 1.67. The molecule has 1 heterocycles. The Morgan fingerprint density at radius 2 is 2.12 bits per heavy atom. The van der Waals surface area contributed by atoms with Gasteiger partial charge >= 0.3 is 0 Å². The van der Waals surface area contributed by atoms with Gasteiger partial charge in [-0.25, -0.2) is 0 Å². The van der Waals surface area contributed by atoms with Crippen LogP contribution in [0.3, 0.4) is 0 Å². The van der Waals surface area contributed by atoms with Gasteiger partial charge < -0.3 is 9.47 Å². The molecule has 0 aromatic heterocycles. The topological polar surface area (TPSA) is 61.6 Å². The Labute approximate surface area is 103 Å². The largest absolute Gasteiger partial charge is 0.488 e. The van der Waals surface area contributed by atoms with Gasteiger partial charge in [-0.2, -0.15) is 0 Å². The van der Waals surface area contributed by atoms with Crippen LogP contribution in [0.5, 0.6) is 5.75 Å². The molecule has 1 fully saturated rings. The summed E-state index contributed by atoms with van der Waals surface area (Å²) in [5, 5.41) is 11.0. The standard InChI is InChI=1S/C11H12ClNO4/c12-10-2-1-8(13(14)15)7-11(10)17-9-3-5-16-6-4-9/h1-2,7,9H,3-6H2. The molecule has 1 aliphatic heterocycles. The molecule has 1 saturated heterocycles. The van der Waals surface area contributed by atoms with Gasteiger partial charge in [0.05, 0.1) is 29.2 Å². The number of hydrogen-bond acceptors (Lipinski definition) is 4. The first-order valence-corrected chi connectivity index (χ1v) is 5.73. The number of hydrogen-bond donors (Lipinski definition) is 0. The summed E-state index contributed by atoms with van der Waals surface area (Å²) in [6.07, 6.45) is 1.57. The second kappa shape index (κ2) is 5.33. The lowest BCUT2D eigenvalue weighted by Crippen LogP contribution is -2.25. The molecular formula is C11H12ClNO4. The molecule has 0 radical (unpaired) electrons. The van der Waals surface area contributed by atoms with Crippen LogP contribution < -0.4 is 4.74 Å². The van der Waals surface area contributed by atoms with E-state index in [4.69, 9.17) is 21.1 Å². The third-order valence-corrected chi connectivity index (χ3v) is 2.90. The van der Waals surface area contributed by atoms with Crippen molar-refractivity contribution in [3.63, 3.8) is 0 Å². The zero-order valence-electron chi connectivity index (χ0n) is 9.10. The number of rotatable bonds is 3. The Morgan fingerprint density at radius 1 is 1.41 bits per heavy atom. The third kappa shape index (κ3) is 3.08. The second-order valence-electron chi connectivity index (χ2n) is 3.80. The third-order valence-electron chi connectivity index (χ3n) is 2.59. The summed E-state index contributed by atoms with van der Waals surface area (Å²) < 4.78 is 10.9. The molecule has 6 heteroatoms. The Kier molecular flexibility index (Phi) is 3.81. The van der Waals surface area contributed by atoms with Crippen LogP contribution in [0.4, 0.5) is 5.69 Å². The van der Waals surface area contributed by atoms with E-state index >= 15 is 0 Å². The van der Waals surface area contributed by atoms with Gasteiger partial charge in [-0.3, -0.25) is 10.1 Å². The molecular weight excluding hydrogens is 246 g/mol. The van der Waals surface area contributed by atoms with Crippen molar-refractivity contribution in [2.45, 2.75) is 18.9 Å². The first-order valence-electron chi connectivity index (χ1n) is 5.35. The number of ether oxygens (including phenoxy) is 2. The number of nitro groups is 1. The van der Waals surface area contributed by atoms with Crippen molar-refractivity contribution in [2.24, 2.45) is 0 Å². The van der Waals surface area contributed by atoms with E-state index in [1.54, 1.807) is 0 Å². The maximum atomic E-state index is 10.6. The average molecular weight is 258 g/mol. The highest BCUT2D eigenvalue weighted by molar-refractivity contribution is 6.32. The zero-order valence-corrected chi connectivity index (χ0v) is 9.85. The van der Waals surface area contributed by atoms with Gasteiger partial charge in [0, 0.05) is 18.9 Å². The zero-order chi connectivity index (χ0) is 12.3. The summed E-state index contributed by atoms with van der Waals surface area (Å²) in [5.74, 6) is 0.368. The Hall–Kier alpha value is -1.33. The molecule has 0 aliphatic carbocycles. The smallest absolute Gasteiger partial charge is 0.273 e. The summed E-state index contributed by atoms with van der Waals surface area (Å²) in [6, 6.07) is 4.20. The maximum Gasteiger partial charge on any atom is 0.273 e. The van der Waals surface area contributed by atoms with Crippen LogP contribution in [0.25, 0.3) is 0 Å². The Morgan fingerprint density at radius 3 is 2.76 bits per heavy atom. The molecule has 0 unspecified atom stereocenters. The van der Waals surface area contributed by atoms with E-state index in [9.17, 15) is 10.1 Å². The van der Waals surface area contributed by atoms with E-state index in [2.05, 4.69) is 0 Å². The van der Waals surface area contributed by atoms with Gasteiger partial charge in [-0.15, -0.1) is 0 Å². The van der Waals surface area contributed by atoms with E-state index in [-0.39, 0.29) is 11.8 Å². The molecule has 1 aromatic carbocycles. The maximum absolute atomic E-state index is 10.6. The van der Waals surface area contributed by atoms with Crippen molar-refractivity contribution in [1.82, 2.24) is 0 Å². The van der Waals surface area contributed by atoms with Gasteiger partial charge in [-0.1, -0.05) is 11.6 Å². The van der Waals surface area contributed by atoms with Crippen molar-refractivity contribution in [3.05, 3.63) is 33.3 Å². The predicted octanol–water partition coefficient (Wildman–Crippen LogP) is 2.81. The molecule has 0 bridgehead atoms. The van der Waals surface area contributed by atoms with E-state index in [1.807, 2.05) is 0 Å². The van der Waals surface area contributed by atoms with Crippen molar-refractivity contribution >= 4 is 17.3 Å². The molecule has 5 nitrogen and oxygen atoms in total. The van der Waals surface area contributed by atoms with E-state index in [0.717, 1.165) is 12.8 Å². The number of non-ortho nitro benzene ring substituents is 1. The molecule has 0 amide bonds. The van der Waals surface area contributed by atoms with Crippen molar-refractivity contribution in [2.75, 3.05) is 13.2 Å². The molecule has 92 valence electrons. The summed E-state index contributed by atoms with van der Waals surface area (Å²) in [4.78, 5) is 10.2. The SMILES string of the molecule is O=[N+]([O-])c1ccc(Cl)c(OC2CCOCC2)c1. The van der Waals surface area contributed by atoms with E-state index in [1.165, 1.54) is 18.2 Å². The van der Waals surface area contributed by atoms with Gasteiger partial charge in [0.15, 0.2) is 0 Å². The van der Waals surface area contributed by atoms with Crippen LogP contribution in [0.15, 0.2) is 18.2 Å². The van der Waals surface area contributed by atoms with Crippen LogP contribution in [0.1, 0.15) is 12.8 Å².